The topological polar surface area (TPSA) is 31.4 Å². The molecular weight excluding hydrogens is 232 g/mol. The molecule has 0 atom stereocenters. The van der Waals surface area contributed by atoms with Crippen LogP contribution >= 0.6 is 11.3 Å². The molecular formula is C12H24N4S. The van der Waals surface area contributed by atoms with Gasteiger partial charge in [-0.15, -0.1) is 11.3 Å². The molecule has 98 valence electrons. The number of anilines is 1. The molecule has 1 rings (SSSR count). The monoisotopic (exact) mass is 256 g/mol. The first-order chi connectivity index (χ1) is 7.99. The summed E-state index contributed by atoms with van der Waals surface area (Å²) in [4.78, 5) is 9.02. The summed E-state index contributed by atoms with van der Waals surface area (Å²) < 4.78 is 0. The molecule has 0 unspecified atom stereocenters. The number of thiazole rings is 1. The highest BCUT2D eigenvalue weighted by Gasteiger charge is 2.07. The van der Waals surface area contributed by atoms with Crippen molar-refractivity contribution in [3.05, 3.63) is 11.1 Å². The highest BCUT2D eigenvalue weighted by Crippen LogP contribution is 2.18. The number of likely N-dealkylation sites (N-methyl/N-ethyl adjacent to an activating group) is 2. The predicted molar refractivity (Wildman–Crippen MR) is 75.9 cm³/mol. The number of aromatic nitrogens is 1. The van der Waals surface area contributed by atoms with Gasteiger partial charge in [0, 0.05) is 38.1 Å². The van der Waals surface area contributed by atoms with Crippen molar-refractivity contribution in [2.45, 2.75) is 26.4 Å². The van der Waals surface area contributed by atoms with Gasteiger partial charge in [-0.25, -0.2) is 4.98 Å². The van der Waals surface area contributed by atoms with Crippen LogP contribution in [0.3, 0.4) is 0 Å². The number of hydrogen-bond acceptors (Lipinski definition) is 5. The third-order valence-electron chi connectivity index (χ3n) is 2.44. The predicted octanol–water partition coefficient (Wildman–Crippen LogP) is 1.64. The molecule has 1 N–H and O–H groups in total. The summed E-state index contributed by atoms with van der Waals surface area (Å²) in [6, 6.07) is 0.506. The van der Waals surface area contributed by atoms with Gasteiger partial charge < -0.3 is 15.1 Å². The summed E-state index contributed by atoms with van der Waals surface area (Å²) >= 11 is 1.72. The van der Waals surface area contributed by atoms with E-state index < -0.39 is 0 Å². The number of hydrogen-bond donors (Lipinski definition) is 1. The quantitative estimate of drug-likeness (QED) is 0.803. The fourth-order valence-electron chi connectivity index (χ4n) is 1.31. The van der Waals surface area contributed by atoms with Crippen LogP contribution in [0.25, 0.3) is 0 Å². The average molecular weight is 256 g/mol. The molecule has 0 aliphatic heterocycles. The summed E-state index contributed by atoms with van der Waals surface area (Å²) in [6.45, 7) is 7.22. The van der Waals surface area contributed by atoms with E-state index in [0.29, 0.717) is 6.04 Å². The Bertz CT molecular complexity index is 322. The molecule has 0 aliphatic rings. The van der Waals surface area contributed by atoms with Gasteiger partial charge in [-0.2, -0.15) is 0 Å². The molecule has 0 amide bonds. The summed E-state index contributed by atoms with van der Waals surface area (Å²) in [7, 11) is 6.28. The lowest BCUT2D eigenvalue weighted by Crippen LogP contribution is -2.28. The SMILES string of the molecule is CC(C)NCc1csc(N(C)CCN(C)C)n1. The molecule has 0 bridgehead atoms. The molecule has 1 heterocycles. The summed E-state index contributed by atoms with van der Waals surface area (Å²) in [5.74, 6) is 0. The summed E-state index contributed by atoms with van der Waals surface area (Å²) in [5.41, 5.74) is 1.13. The van der Waals surface area contributed by atoms with E-state index in [9.17, 15) is 0 Å². The van der Waals surface area contributed by atoms with Crippen molar-refractivity contribution in [3.8, 4) is 0 Å². The average Bonchev–Trinajstić information content (AvgIpc) is 2.71. The fourth-order valence-corrected chi connectivity index (χ4v) is 2.13. The smallest absolute Gasteiger partial charge is 0.185 e. The summed E-state index contributed by atoms with van der Waals surface area (Å²) in [6.07, 6.45) is 0. The van der Waals surface area contributed by atoms with Crippen LogP contribution in [0.5, 0.6) is 0 Å². The van der Waals surface area contributed by atoms with E-state index in [2.05, 4.69) is 60.5 Å². The Morgan fingerprint density at radius 1 is 1.29 bits per heavy atom. The normalized spacial score (nSPS) is 11.5. The second kappa shape index (κ2) is 6.93. The zero-order chi connectivity index (χ0) is 12.8. The van der Waals surface area contributed by atoms with Crippen molar-refractivity contribution in [2.24, 2.45) is 0 Å². The van der Waals surface area contributed by atoms with Crippen LogP contribution in [-0.2, 0) is 6.54 Å². The van der Waals surface area contributed by atoms with E-state index in [-0.39, 0.29) is 0 Å². The molecule has 0 radical (unpaired) electrons. The highest BCUT2D eigenvalue weighted by atomic mass is 32.1. The molecule has 0 saturated carbocycles. The fraction of sp³-hybridized carbons (Fsp3) is 0.750. The lowest BCUT2D eigenvalue weighted by atomic mass is 10.4. The maximum Gasteiger partial charge on any atom is 0.185 e. The van der Waals surface area contributed by atoms with E-state index in [1.54, 1.807) is 11.3 Å². The molecule has 0 aliphatic carbocycles. The van der Waals surface area contributed by atoms with Crippen LogP contribution in [-0.4, -0.2) is 50.2 Å². The van der Waals surface area contributed by atoms with E-state index in [4.69, 9.17) is 0 Å². The zero-order valence-electron chi connectivity index (χ0n) is 11.5. The molecule has 0 fully saturated rings. The van der Waals surface area contributed by atoms with Crippen LogP contribution < -0.4 is 10.2 Å². The molecule has 5 heteroatoms. The van der Waals surface area contributed by atoms with E-state index >= 15 is 0 Å². The van der Waals surface area contributed by atoms with Crippen LogP contribution in [0.15, 0.2) is 5.38 Å². The standard InChI is InChI=1S/C12H24N4S/c1-10(2)13-8-11-9-17-12(14-11)16(5)7-6-15(3)4/h9-10,13H,6-8H2,1-5H3. The minimum absolute atomic E-state index is 0.506. The third kappa shape index (κ3) is 5.48. The van der Waals surface area contributed by atoms with Crippen LogP contribution in [0, 0.1) is 0 Å². The van der Waals surface area contributed by atoms with E-state index in [1.807, 2.05) is 0 Å². The van der Waals surface area contributed by atoms with Gasteiger partial charge in [-0.3, -0.25) is 0 Å². The Hall–Kier alpha value is -0.650. The molecule has 4 nitrogen and oxygen atoms in total. The first-order valence-corrected chi connectivity index (χ1v) is 6.90. The van der Waals surface area contributed by atoms with Gasteiger partial charge in [-0.05, 0) is 14.1 Å². The number of nitrogens with zero attached hydrogens (tertiary/aromatic N) is 3. The van der Waals surface area contributed by atoms with Gasteiger partial charge in [0.25, 0.3) is 0 Å². The van der Waals surface area contributed by atoms with Crippen molar-refractivity contribution in [2.75, 3.05) is 39.1 Å². The molecule has 1 aromatic rings. The Labute approximate surface area is 109 Å². The first kappa shape index (κ1) is 14.4. The number of rotatable bonds is 7. The lowest BCUT2D eigenvalue weighted by Gasteiger charge is -2.18. The minimum atomic E-state index is 0.506. The van der Waals surface area contributed by atoms with Crippen LogP contribution in [0.2, 0.25) is 0 Å². The third-order valence-corrected chi connectivity index (χ3v) is 3.44. The first-order valence-electron chi connectivity index (χ1n) is 6.02. The second-order valence-corrected chi connectivity index (χ2v) is 5.72. The van der Waals surface area contributed by atoms with Crippen molar-refractivity contribution < 1.29 is 0 Å². The minimum Gasteiger partial charge on any atom is -0.350 e. The van der Waals surface area contributed by atoms with Gasteiger partial charge in [0.15, 0.2) is 5.13 Å². The van der Waals surface area contributed by atoms with E-state index in [0.717, 1.165) is 30.5 Å². The molecule has 0 aromatic carbocycles. The molecule has 0 spiro atoms. The second-order valence-electron chi connectivity index (χ2n) is 4.88. The van der Waals surface area contributed by atoms with Gasteiger partial charge in [0.2, 0.25) is 0 Å². The van der Waals surface area contributed by atoms with Crippen LogP contribution in [0.1, 0.15) is 19.5 Å². The van der Waals surface area contributed by atoms with Gasteiger partial charge in [-0.1, -0.05) is 13.8 Å². The van der Waals surface area contributed by atoms with E-state index in [1.165, 1.54) is 0 Å². The van der Waals surface area contributed by atoms with Gasteiger partial charge >= 0.3 is 0 Å². The van der Waals surface area contributed by atoms with Crippen molar-refractivity contribution in [1.82, 2.24) is 15.2 Å². The van der Waals surface area contributed by atoms with Crippen LogP contribution in [0.4, 0.5) is 5.13 Å². The maximum absolute atomic E-state index is 4.62. The summed E-state index contributed by atoms with van der Waals surface area (Å²) in [5, 5.41) is 6.62. The zero-order valence-corrected chi connectivity index (χ0v) is 12.3. The molecule has 17 heavy (non-hydrogen) atoms. The van der Waals surface area contributed by atoms with Crippen molar-refractivity contribution >= 4 is 16.5 Å². The van der Waals surface area contributed by atoms with Crippen molar-refractivity contribution in [3.63, 3.8) is 0 Å². The number of nitrogens with one attached hydrogen (secondary N) is 1. The Morgan fingerprint density at radius 3 is 2.59 bits per heavy atom. The Morgan fingerprint density at radius 2 is 2.00 bits per heavy atom. The van der Waals surface area contributed by atoms with Gasteiger partial charge in [0.1, 0.15) is 0 Å². The Balaban J connectivity index is 2.43. The van der Waals surface area contributed by atoms with Crippen molar-refractivity contribution in [1.29, 1.82) is 0 Å². The van der Waals surface area contributed by atoms with Gasteiger partial charge in [0.05, 0.1) is 5.69 Å². The molecule has 0 saturated heterocycles. The Kier molecular flexibility index (Phi) is 5.88. The lowest BCUT2D eigenvalue weighted by molar-refractivity contribution is 0.416. The largest absolute Gasteiger partial charge is 0.350 e. The molecule has 1 aromatic heterocycles. The highest BCUT2D eigenvalue weighted by molar-refractivity contribution is 7.13. The maximum atomic E-state index is 4.62.